The average molecular weight is 347 g/mol. The summed E-state index contributed by atoms with van der Waals surface area (Å²) in [5.41, 5.74) is 2.04. The Balaban J connectivity index is 1.89. The highest BCUT2D eigenvalue weighted by Gasteiger charge is 2.09. The molecule has 0 atom stereocenters. The van der Waals surface area contributed by atoms with E-state index in [0.717, 1.165) is 23.2 Å². The molecule has 0 saturated heterocycles. The summed E-state index contributed by atoms with van der Waals surface area (Å²) in [6.07, 6.45) is 0. The van der Waals surface area contributed by atoms with Gasteiger partial charge in [0.2, 0.25) is 5.91 Å². The summed E-state index contributed by atoms with van der Waals surface area (Å²) in [7, 11) is 0. The number of benzene rings is 2. The van der Waals surface area contributed by atoms with Crippen molar-refractivity contribution in [2.75, 3.05) is 18.4 Å². The molecule has 0 aromatic heterocycles. The lowest BCUT2D eigenvalue weighted by atomic mass is 10.2. The predicted octanol–water partition coefficient (Wildman–Crippen LogP) is 3.91. The van der Waals surface area contributed by atoms with Gasteiger partial charge in [-0.25, -0.2) is 0 Å². The number of amides is 1. The van der Waals surface area contributed by atoms with Crippen LogP contribution in [-0.4, -0.2) is 23.9 Å². The Hall–Kier alpha value is -1.65. The molecule has 110 valence electrons. The number of nitrogens with one attached hydrogen (secondary N) is 1. The molecule has 0 aliphatic heterocycles. The summed E-state index contributed by atoms with van der Waals surface area (Å²) < 4.78 is 1.000. The number of hydrogen-bond donors (Lipinski definition) is 1. The highest BCUT2D eigenvalue weighted by Crippen LogP contribution is 2.14. The molecule has 1 N–H and O–H groups in total. The lowest BCUT2D eigenvalue weighted by molar-refractivity contribution is -0.117. The maximum Gasteiger partial charge on any atom is 0.238 e. The minimum absolute atomic E-state index is 0.00936. The van der Waals surface area contributed by atoms with Crippen LogP contribution in [0.3, 0.4) is 0 Å². The van der Waals surface area contributed by atoms with Gasteiger partial charge >= 0.3 is 0 Å². The van der Waals surface area contributed by atoms with Crippen molar-refractivity contribution in [1.29, 1.82) is 0 Å². The Kier molecular flexibility index (Phi) is 5.96. The van der Waals surface area contributed by atoms with Crippen LogP contribution in [0.1, 0.15) is 12.5 Å². The standard InChI is InChI=1S/C17H19BrN2O/c1-2-20(12-14-6-4-3-5-7-14)13-17(21)19-16-10-8-15(18)9-11-16/h3-11H,2,12-13H2,1H3,(H,19,21). The van der Waals surface area contributed by atoms with Gasteiger partial charge in [0.05, 0.1) is 6.54 Å². The molecule has 2 rings (SSSR count). The molecule has 0 aliphatic carbocycles. The van der Waals surface area contributed by atoms with E-state index < -0.39 is 0 Å². The first-order valence-corrected chi connectivity index (χ1v) is 7.78. The molecule has 0 spiro atoms. The Morgan fingerprint density at radius 2 is 1.76 bits per heavy atom. The SMILES string of the molecule is CCN(CC(=O)Nc1ccc(Br)cc1)Cc1ccccc1. The molecule has 0 aliphatic rings. The fraction of sp³-hybridized carbons (Fsp3) is 0.235. The predicted molar refractivity (Wildman–Crippen MR) is 90.2 cm³/mol. The third-order valence-corrected chi connectivity index (χ3v) is 3.72. The maximum atomic E-state index is 12.1. The molecule has 1 amide bonds. The molecular formula is C17H19BrN2O. The lowest BCUT2D eigenvalue weighted by Crippen LogP contribution is -2.32. The van der Waals surface area contributed by atoms with E-state index >= 15 is 0 Å². The van der Waals surface area contributed by atoms with Crippen LogP contribution in [0.5, 0.6) is 0 Å². The van der Waals surface area contributed by atoms with E-state index in [9.17, 15) is 4.79 Å². The van der Waals surface area contributed by atoms with Crippen LogP contribution >= 0.6 is 15.9 Å². The summed E-state index contributed by atoms with van der Waals surface area (Å²) in [5, 5.41) is 2.92. The smallest absolute Gasteiger partial charge is 0.238 e. The quantitative estimate of drug-likeness (QED) is 0.859. The van der Waals surface area contributed by atoms with Gasteiger partial charge in [0.25, 0.3) is 0 Å². The monoisotopic (exact) mass is 346 g/mol. The van der Waals surface area contributed by atoms with Crippen LogP contribution in [-0.2, 0) is 11.3 Å². The van der Waals surface area contributed by atoms with E-state index in [-0.39, 0.29) is 5.91 Å². The van der Waals surface area contributed by atoms with Crippen LogP contribution in [0.15, 0.2) is 59.1 Å². The largest absolute Gasteiger partial charge is 0.325 e. The van der Waals surface area contributed by atoms with Gasteiger partial charge in [0.15, 0.2) is 0 Å². The number of rotatable bonds is 6. The second-order valence-corrected chi connectivity index (χ2v) is 5.76. The van der Waals surface area contributed by atoms with E-state index in [0.29, 0.717) is 6.54 Å². The topological polar surface area (TPSA) is 32.3 Å². The highest BCUT2D eigenvalue weighted by atomic mass is 79.9. The van der Waals surface area contributed by atoms with Gasteiger partial charge in [-0.1, -0.05) is 53.2 Å². The van der Waals surface area contributed by atoms with Gasteiger partial charge in [-0.15, -0.1) is 0 Å². The summed E-state index contributed by atoms with van der Waals surface area (Å²) in [6.45, 7) is 4.07. The second-order valence-electron chi connectivity index (χ2n) is 4.84. The second kappa shape index (κ2) is 7.96. The number of halogens is 1. The van der Waals surface area contributed by atoms with Crippen molar-refractivity contribution in [3.63, 3.8) is 0 Å². The molecule has 3 nitrogen and oxygen atoms in total. The number of hydrogen-bond acceptors (Lipinski definition) is 2. The van der Waals surface area contributed by atoms with Crippen LogP contribution in [0.4, 0.5) is 5.69 Å². The van der Waals surface area contributed by atoms with Crippen molar-refractivity contribution < 1.29 is 4.79 Å². The fourth-order valence-electron chi connectivity index (χ4n) is 2.06. The van der Waals surface area contributed by atoms with Crippen molar-refractivity contribution in [2.45, 2.75) is 13.5 Å². The Bertz CT molecular complexity index is 569. The van der Waals surface area contributed by atoms with E-state index in [1.807, 2.05) is 42.5 Å². The molecule has 0 saturated carbocycles. The number of carbonyl (C=O) groups excluding carboxylic acids is 1. The normalized spacial score (nSPS) is 10.6. The van der Waals surface area contributed by atoms with Crippen molar-refractivity contribution in [3.8, 4) is 0 Å². The van der Waals surface area contributed by atoms with Crippen LogP contribution in [0.25, 0.3) is 0 Å². The van der Waals surface area contributed by atoms with Gasteiger partial charge < -0.3 is 5.32 Å². The minimum atomic E-state index is 0.00936. The van der Waals surface area contributed by atoms with E-state index in [4.69, 9.17) is 0 Å². The summed E-state index contributed by atoms with van der Waals surface area (Å²) in [6, 6.07) is 17.8. The molecule has 21 heavy (non-hydrogen) atoms. The summed E-state index contributed by atoms with van der Waals surface area (Å²) in [5.74, 6) is 0.00936. The van der Waals surface area contributed by atoms with Gasteiger partial charge in [0.1, 0.15) is 0 Å². The van der Waals surface area contributed by atoms with E-state index in [2.05, 4.69) is 45.2 Å². The van der Waals surface area contributed by atoms with Crippen LogP contribution in [0, 0.1) is 0 Å². The van der Waals surface area contributed by atoms with Crippen LogP contribution < -0.4 is 5.32 Å². The van der Waals surface area contributed by atoms with Crippen molar-refractivity contribution in [2.24, 2.45) is 0 Å². The third-order valence-electron chi connectivity index (χ3n) is 3.19. The average Bonchev–Trinajstić information content (AvgIpc) is 2.50. The first-order valence-electron chi connectivity index (χ1n) is 6.99. The lowest BCUT2D eigenvalue weighted by Gasteiger charge is -2.20. The molecule has 0 unspecified atom stereocenters. The number of nitrogens with zero attached hydrogens (tertiary/aromatic N) is 1. The Morgan fingerprint density at radius 1 is 1.10 bits per heavy atom. The molecule has 4 heteroatoms. The third kappa shape index (κ3) is 5.33. The van der Waals surface area contributed by atoms with Crippen LogP contribution in [0.2, 0.25) is 0 Å². The molecule has 0 heterocycles. The fourth-order valence-corrected chi connectivity index (χ4v) is 2.32. The molecule has 2 aromatic carbocycles. The zero-order valence-corrected chi connectivity index (χ0v) is 13.6. The van der Waals surface area contributed by atoms with Gasteiger partial charge in [-0.3, -0.25) is 9.69 Å². The number of likely N-dealkylation sites (N-methyl/N-ethyl adjacent to an activating group) is 1. The van der Waals surface area contributed by atoms with Crippen molar-refractivity contribution in [3.05, 3.63) is 64.6 Å². The summed E-state index contributed by atoms with van der Waals surface area (Å²) >= 11 is 3.38. The van der Waals surface area contributed by atoms with E-state index in [1.165, 1.54) is 5.56 Å². The number of carbonyl (C=O) groups is 1. The maximum absolute atomic E-state index is 12.1. The minimum Gasteiger partial charge on any atom is -0.325 e. The van der Waals surface area contributed by atoms with Crippen molar-refractivity contribution >= 4 is 27.5 Å². The molecule has 0 bridgehead atoms. The molecule has 2 aromatic rings. The Morgan fingerprint density at radius 3 is 2.38 bits per heavy atom. The zero-order chi connectivity index (χ0) is 15.1. The zero-order valence-electron chi connectivity index (χ0n) is 12.1. The molecule has 0 fully saturated rings. The molecular weight excluding hydrogens is 328 g/mol. The Labute approximate surface area is 134 Å². The first kappa shape index (κ1) is 15.7. The van der Waals surface area contributed by atoms with E-state index in [1.54, 1.807) is 0 Å². The summed E-state index contributed by atoms with van der Waals surface area (Å²) in [4.78, 5) is 14.2. The highest BCUT2D eigenvalue weighted by molar-refractivity contribution is 9.10. The molecule has 0 radical (unpaired) electrons. The van der Waals surface area contributed by atoms with Crippen molar-refractivity contribution in [1.82, 2.24) is 4.90 Å². The van der Waals surface area contributed by atoms with Gasteiger partial charge in [-0.2, -0.15) is 0 Å². The first-order chi connectivity index (χ1) is 10.2. The van der Waals surface area contributed by atoms with Gasteiger partial charge in [0, 0.05) is 16.7 Å². The van der Waals surface area contributed by atoms with Gasteiger partial charge in [-0.05, 0) is 36.4 Å². The number of anilines is 1.